The third kappa shape index (κ3) is 3.20. The van der Waals surface area contributed by atoms with E-state index in [4.69, 9.17) is 4.74 Å². The van der Waals surface area contributed by atoms with Gasteiger partial charge in [0.05, 0.1) is 7.11 Å². The lowest BCUT2D eigenvalue weighted by molar-refractivity contribution is 0.384. The van der Waals surface area contributed by atoms with E-state index in [-0.39, 0.29) is 11.6 Å². The Bertz CT molecular complexity index is 584. The van der Waals surface area contributed by atoms with Crippen LogP contribution >= 0.6 is 0 Å². The van der Waals surface area contributed by atoms with Gasteiger partial charge in [-0.15, -0.1) is 0 Å². The van der Waals surface area contributed by atoms with Crippen molar-refractivity contribution in [2.75, 3.05) is 31.4 Å². The summed E-state index contributed by atoms with van der Waals surface area (Å²) in [6, 6.07) is 13.1. The predicted molar refractivity (Wildman–Crippen MR) is 81.0 cm³/mol. The zero-order valence-corrected chi connectivity index (χ0v) is 12.0. The van der Waals surface area contributed by atoms with E-state index in [1.165, 1.54) is 7.11 Å². The molecule has 106 valence electrons. The lowest BCUT2D eigenvalue weighted by atomic mass is 10.2. The van der Waals surface area contributed by atoms with Gasteiger partial charge in [0.1, 0.15) is 0 Å². The topological polar surface area (TPSA) is 24.5 Å². The van der Waals surface area contributed by atoms with Gasteiger partial charge in [0.15, 0.2) is 11.6 Å². The van der Waals surface area contributed by atoms with Gasteiger partial charge in [0.25, 0.3) is 0 Å². The van der Waals surface area contributed by atoms with Gasteiger partial charge in [-0.05, 0) is 24.3 Å². The van der Waals surface area contributed by atoms with Crippen molar-refractivity contribution in [1.82, 2.24) is 0 Å². The number of nitrogens with zero attached hydrogens (tertiary/aromatic N) is 1. The van der Waals surface area contributed by atoms with Gasteiger partial charge in [-0.3, -0.25) is 0 Å². The van der Waals surface area contributed by atoms with Crippen LogP contribution in [0.1, 0.15) is 5.56 Å². The summed E-state index contributed by atoms with van der Waals surface area (Å²) in [5, 5.41) is 3.23. The first-order valence-electron chi connectivity index (χ1n) is 6.44. The molecule has 0 aliphatic carbocycles. The van der Waals surface area contributed by atoms with E-state index in [1.54, 1.807) is 18.2 Å². The summed E-state index contributed by atoms with van der Waals surface area (Å²) in [7, 11) is 5.44. The van der Waals surface area contributed by atoms with Crippen molar-refractivity contribution in [3.05, 3.63) is 53.8 Å². The minimum absolute atomic E-state index is 0.270. The Morgan fingerprint density at radius 2 is 1.90 bits per heavy atom. The highest BCUT2D eigenvalue weighted by molar-refractivity contribution is 5.57. The van der Waals surface area contributed by atoms with Gasteiger partial charge in [0.2, 0.25) is 0 Å². The van der Waals surface area contributed by atoms with Crippen LogP contribution in [-0.2, 0) is 6.54 Å². The number of anilines is 2. The molecule has 0 unspecified atom stereocenters. The zero-order chi connectivity index (χ0) is 14.5. The van der Waals surface area contributed by atoms with E-state index < -0.39 is 0 Å². The number of rotatable bonds is 5. The molecule has 0 saturated carbocycles. The third-order valence-corrected chi connectivity index (χ3v) is 3.11. The molecule has 0 atom stereocenters. The van der Waals surface area contributed by atoms with E-state index >= 15 is 0 Å². The Balaban J connectivity index is 2.11. The zero-order valence-electron chi connectivity index (χ0n) is 12.0. The predicted octanol–water partition coefficient (Wildman–Crippen LogP) is 3.51. The molecule has 0 aliphatic heterocycles. The number of benzene rings is 2. The number of halogens is 1. The van der Waals surface area contributed by atoms with Crippen LogP contribution in [-0.4, -0.2) is 21.2 Å². The lowest BCUT2D eigenvalue weighted by Gasteiger charge is -2.15. The monoisotopic (exact) mass is 274 g/mol. The molecule has 0 saturated heterocycles. The second-order valence-corrected chi connectivity index (χ2v) is 4.73. The molecule has 0 heterocycles. The molecule has 2 aromatic carbocycles. The molecule has 4 heteroatoms. The highest BCUT2D eigenvalue weighted by atomic mass is 19.1. The van der Waals surface area contributed by atoms with Crippen LogP contribution in [0.4, 0.5) is 15.8 Å². The van der Waals surface area contributed by atoms with Crippen molar-refractivity contribution >= 4 is 11.4 Å². The molecule has 0 spiro atoms. The van der Waals surface area contributed by atoms with Gasteiger partial charge in [0, 0.05) is 37.6 Å². The second kappa shape index (κ2) is 6.28. The average molecular weight is 274 g/mol. The quantitative estimate of drug-likeness (QED) is 0.903. The van der Waals surface area contributed by atoms with Crippen LogP contribution in [0.3, 0.4) is 0 Å². The lowest BCUT2D eigenvalue weighted by Crippen LogP contribution is -2.09. The van der Waals surface area contributed by atoms with Gasteiger partial charge in [-0.2, -0.15) is 0 Å². The number of methoxy groups -OCH3 is 1. The number of nitrogens with one attached hydrogen (secondary N) is 1. The summed E-state index contributed by atoms with van der Waals surface area (Å²) < 4.78 is 19.0. The number of hydrogen-bond acceptors (Lipinski definition) is 3. The molecule has 2 rings (SSSR count). The average Bonchev–Trinajstić information content (AvgIpc) is 2.46. The van der Waals surface area contributed by atoms with Crippen molar-refractivity contribution in [2.24, 2.45) is 0 Å². The summed E-state index contributed by atoms with van der Waals surface area (Å²) in [5.74, 6) is -0.0439. The fraction of sp³-hybridized carbons (Fsp3) is 0.250. The van der Waals surface area contributed by atoms with Crippen molar-refractivity contribution in [1.29, 1.82) is 0 Å². The SMILES string of the molecule is COc1cccc(CNc2cccc(N(C)C)c2)c1F. The van der Waals surface area contributed by atoms with Crippen LogP contribution in [0.15, 0.2) is 42.5 Å². The Hall–Kier alpha value is -2.23. The van der Waals surface area contributed by atoms with Crippen LogP contribution in [0.25, 0.3) is 0 Å². The maximum atomic E-state index is 14.0. The summed E-state index contributed by atoms with van der Waals surface area (Å²) in [4.78, 5) is 2.03. The Labute approximate surface area is 119 Å². The third-order valence-electron chi connectivity index (χ3n) is 3.11. The van der Waals surface area contributed by atoms with Crippen LogP contribution < -0.4 is 15.0 Å². The normalized spacial score (nSPS) is 10.2. The molecule has 0 fully saturated rings. The highest BCUT2D eigenvalue weighted by Gasteiger charge is 2.08. The van der Waals surface area contributed by atoms with Crippen LogP contribution in [0.2, 0.25) is 0 Å². The van der Waals surface area contributed by atoms with E-state index in [9.17, 15) is 4.39 Å². The Morgan fingerprint density at radius 1 is 1.15 bits per heavy atom. The van der Waals surface area contributed by atoms with Crippen molar-refractivity contribution < 1.29 is 9.13 Å². The molecule has 0 radical (unpaired) electrons. The molecule has 0 amide bonds. The first-order chi connectivity index (χ1) is 9.61. The van der Waals surface area contributed by atoms with Gasteiger partial charge in [-0.1, -0.05) is 18.2 Å². The molecule has 20 heavy (non-hydrogen) atoms. The van der Waals surface area contributed by atoms with Gasteiger partial charge >= 0.3 is 0 Å². The molecule has 0 aliphatic rings. The van der Waals surface area contributed by atoms with E-state index in [2.05, 4.69) is 5.32 Å². The molecule has 1 N–H and O–H groups in total. The Kier molecular flexibility index (Phi) is 4.45. The maximum Gasteiger partial charge on any atom is 0.170 e. The Morgan fingerprint density at radius 3 is 2.60 bits per heavy atom. The summed E-state index contributed by atoms with van der Waals surface area (Å²) in [6.45, 7) is 0.417. The van der Waals surface area contributed by atoms with Crippen molar-refractivity contribution in [3.8, 4) is 5.75 Å². The standard InChI is InChI=1S/C16H19FN2O/c1-19(2)14-8-5-7-13(10-14)18-11-12-6-4-9-15(20-3)16(12)17/h4-10,18H,11H2,1-3H3. The number of hydrogen-bond donors (Lipinski definition) is 1. The first-order valence-corrected chi connectivity index (χ1v) is 6.44. The van der Waals surface area contributed by atoms with Gasteiger partial charge < -0.3 is 15.0 Å². The summed E-state index contributed by atoms with van der Waals surface area (Å²) >= 11 is 0. The van der Waals surface area contributed by atoms with Crippen LogP contribution in [0, 0.1) is 5.82 Å². The minimum Gasteiger partial charge on any atom is -0.494 e. The number of ether oxygens (including phenoxy) is 1. The molecular weight excluding hydrogens is 255 g/mol. The smallest absolute Gasteiger partial charge is 0.170 e. The van der Waals surface area contributed by atoms with Gasteiger partial charge in [-0.25, -0.2) is 4.39 Å². The second-order valence-electron chi connectivity index (χ2n) is 4.73. The summed E-state index contributed by atoms with van der Waals surface area (Å²) in [6.07, 6.45) is 0. The van der Waals surface area contributed by atoms with E-state index in [0.717, 1.165) is 11.4 Å². The van der Waals surface area contributed by atoms with E-state index in [1.807, 2.05) is 43.3 Å². The fourth-order valence-electron chi connectivity index (χ4n) is 1.94. The molecule has 3 nitrogen and oxygen atoms in total. The molecule has 2 aromatic rings. The molecular formula is C16H19FN2O. The fourth-order valence-corrected chi connectivity index (χ4v) is 1.94. The highest BCUT2D eigenvalue weighted by Crippen LogP contribution is 2.22. The first kappa shape index (κ1) is 14.2. The van der Waals surface area contributed by atoms with E-state index in [0.29, 0.717) is 12.1 Å². The van der Waals surface area contributed by atoms with Crippen LogP contribution in [0.5, 0.6) is 5.75 Å². The minimum atomic E-state index is -0.314. The molecule has 0 bridgehead atoms. The van der Waals surface area contributed by atoms with Crippen molar-refractivity contribution in [2.45, 2.75) is 6.54 Å². The largest absolute Gasteiger partial charge is 0.494 e. The maximum absolute atomic E-state index is 14.0. The van der Waals surface area contributed by atoms with Crippen molar-refractivity contribution in [3.63, 3.8) is 0 Å². The summed E-state index contributed by atoms with van der Waals surface area (Å²) in [5.41, 5.74) is 2.64. The molecule has 0 aromatic heterocycles.